The summed E-state index contributed by atoms with van der Waals surface area (Å²) in [6.45, 7) is 3.29. The van der Waals surface area contributed by atoms with Crippen LogP contribution in [0.5, 0.6) is 0 Å². The van der Waals surface area contributed by atoms with Crippen LogP contribution in [0.25, 0.3) is 11.1 Å². The van der Waals surface area contributed by atoms with Crippen LogP contribution < -0.4 is 5.32 Å². The Morgan fingerprint density at radius 2 is 1.58 bits per heavy atom. The second kappa shape index (κ2) is 10.5. The lowest BCUT2D eigenvalue weighted by Gasteiger charge is -2.28. The number of carbonyl (C=O) groups is 3. The van der Waals surface area contributed by atoms with Crippen LogP contribution in [-0.2, 0) is 19.1 Å². The number of ether oxygens (including phenoxy) is 2. The number of likely N-dealkylation sites (N-methyl/N-ethyl adjacent to an activating group) is 1. The molecule has 2 aromatic carbocycles. The third-order valence-corrected chi connectivity index (χ3v) is 6.07. The van der Waals surface area contributed by atoms with Crippen LogP contribution in [0, 0.1) is 5.92 Å². The first kappa shape index (κ1) is 24.3. The molecule has 2 N–H and O–H groups in total. The standard InChI is InChI=1S/C25H30N2O6/c1-15(24(29)30)13-27(3)23(28)22(16(2)32-4)26-25(31)33-14-21-19-11-7-5-9-17(19)18-10-6-8-12-20(18)21/h5-12,15-16,21-22H,13-14H2,1-4H3,(H,26,31)(H,29,30)/t15?,16-,22+/m1/s1. The van der Waals surface area contributed by atoms with Gasteiger partial charge in [0.1, 0.15) is 12.6 Å². The smallest absolute Gasteiger partial charge is 0.407 e. The molecule has 33 heavy (non-hydrogen) atoms. The summed E-state index contributed by atoms with van der Waals surface area (Å²) in [5.41, 5.74) is 4.42. The molecule has 3 atom stereocenters. The fraction of sp³-hybridized carbons (Fsp3) is 0.400. The highest BCUT2D eigenvalue weighted by Gasteiger charge is 2.33. The molecule has 0 radical (unpaired) electrons. The number of methoxy groups -OCH3 is 1. The number of nitrogens with one attached hydrogen (secondary N) is 1. The van der Waals surface area contributed by atoms with Crippen molar-refractivity contribution in [2.24, 2.45) is 5.92 Å². The van der Waals surface area contributed by atoms with Gasteiger partial charge in [-0.1, -0.05) is 55.5 Å². The number of alkyl carbamates (subject to hydrolysis) is 1. The van der Waals surface area contributed by atoms with Crippen molar-refractivity contribution in [3.63, 3.8) is 0 Å². The van der Waals surface area contributed by atoms with Crippen molar-refractivity contribution in [2.75, 3.05) is 27.3 Å². The number of rotatable bonds is 9. The number of aliphatic carboxylic acids is 1. The molecule has 0 saturated carbocycles. The van der Waals surface area contributed by atoms with E-state index in [1.165, 1.54) is 26.0 Å². The number of carboxylic acids is 1. The van der Waals surface area contributed by atoms with Crippen LogP contribution in [0.2, 0.25) is 0 Å². The Bertz CT molecular complexity index is 978. The summed E-state index contributed by atoms with van der Waals surface area (Å²) in [5.74, 6) is -2.30. The van der Waals surface area contributed by atoms with E-state index in [9.17, 15) is 14.4 Å². The second-order valence-corrected chi connectivity index (χ2v) is 8.35. The van der Waals surface area contributed by atoms with Crippen molar-refractivity contribution < 1.29 is 29.0 Å². The van der Waals surface area contributed by atoms with Gasteiger partial charge in [0.2, 0.25) is 5.91 Å². The molecule has 0 aromatic heterocycles. The molecule has 0 aliphatic heterocycles. The molecule has 0 bridgehead atoms. The van der Waals surface area contributed by atoms with E-state index in [-0.39, 0.29) is 19.1 Å². The van der Waals surface area contributed by atoms with Crippen LogP contribution in [0.3, 0.4) is 0 Å². The molecular formula is C25H30N2O6. The Morgan fingerprint density at radius 3 is 2.09 bits per heavy atom. The summed E-state index contributed by atoms with van der Waals surface area (Å²) in [6, 6.07) is 15.0. The third-order valence-electron chi connectivity index (χ3n) is 6.07. The normalized spacial score (nSPS) is 15.0. The predicted octanol–water partition coefficient (Wildman–Crippen LogP) is 3.11. The van der Waals surface area contributed by atoms with Gasteiger partial charge in [0, 0.05) is 26.6 Å². The maximum atomic E-state index is 12.9. The zero-order valence-electron chi connectivity index (χ0n) is 19.3. The van der Waals surface area contributed by atoms with E-state index in [4.69, 9.17) is 14.6 Å². The van der Waals surface area contributed by atoms with Crippen LogP contribution in [0.1, 0.15) is 30.9 Å². The van der Waals surface area contributed by atoms with Gasteiger partial charge in [-0.15, -0.1) is 0 Å². The summed E-state index contributed by atoms with van der Waals surface area (Å²) in [6.07, 6.45) is -1.38. The van der Waals surface area contributed by atoms with E-state index in [0.717, 1.165) is 22.3 Å². The zero-order valence-corrected chi connectivity index (χ0v) is 19.3. The summed E-state index contributed by atoms with van der Waals surface area (Å²) in [5, 5.41) is 11.7. The average molecular weight is 455 g/mol. The van der Waals surface area contributed by atoms with Crippen molar-refractivity contribution in [2.45, 2.75) is 31.9 Å². The molecule has 2 amide bonds. The summed E-state index contributed by atoms with van der Waals surface area (Å²) >= 11 is 0. The minimum absolute atomic E-state index is 0.00741. The quantitative estimate of drug-likeness (QED) is 0.603. The minimum atomic E-state index is -1.02. The molecule has 3 rings (SSSR count). The molecule has 8 nitrogen and oxygen atoms in total. The van der Waals surface area contributed by atoms with Crippen molar-refractivity contribution in [3.8, 4) is 11.1 Å². The van der Waals surface area contributed by atoms with Gasteiger partial charge in [-0.05, 0) is 29.2 Å². The topological polar surface area (TPSA) is 105 Å². The van der Waals surface area contributed by atoms with Crippen molar-refractivity contribution >= 4 is 18.0 Å². The first-order chi connectivity index (χ1) is 15.7. The maximum Gasteiger partial charge on any atom is 0.407 e. The molecule has 0 spiro atoms. The lowest BCUT2D eigenvalue weighted by atomic mass is 9.98. The number of hydrogen-bond donors (Lipinski definition) is 2. The first-order valence-electron chi connectivity index (χ1n) is 10.9. The SMILES string of the molecule is CO[C@H](C)[C@H](NC(=O)OCC1c2ccccc2-c2ccccc21)C(=O)N(C)CC(C)C(=O)O. The summed E-state index contributed by atoms with van der Waals surface area (Å²) in [7, 11) is 2.93. The highest BCUT2D eigenvalue weighted by Crippen LogP contribution is 2.44. The molecule has 176 valence electrons. The predicted molar refractivity (Wildman–Crippen MR) is 123 cm³/mol. The van der Waals surface area contributed by atoms with Gasteiger partial charge in [0.15, 0.2) is 0 Å². The van der Waals surface area contributed by atoms with Gasteiger partial charge in [0.05, 0.1) is 12.0 Å². The Kier molecular flexibility index (Phi) is 7.71. The molecule has 0 heterocycles. The lowest BCUT2D eigenvalue weighted by molar-refractivity contribution is -0.143. The Balaban J connectivity index is 1.68. The molecular weight excluding hydrogens is 424 g/mol. The highest BCUT2D eigenvalue weighted by molar-refractivity contribution is 5.86. The number of hydrogen-bond acceptors (Lipinski definition) is 5. The molecule has 1 aliphatic carbocycles. The van der Waals surface area contributed by atoms with E-state index < -0.39 is 36.0 Å². The van der Waals surface area contributed by atoms with E-state index in [1.54, 1.807) is 6.92 Å². The van der Waals surface area contributed by atoms with Gasteiger partial charge < -0.3 is 24.8 Å². The van der Waals surface area contributed by atoms with Crippen LogP contribution in [-0.4, -0.2) is 67.4 Å². The fourth-order valence-electron chi connectivity index (χ4n) is 4.10. The van der Waals surface area contributed by atoms with Crippen molar-refractivity contribution in [1.82, 2.24) is 10.2 Å². The maximum absolute atomic E-state index is 12.9. The van der Waals surface area contributed by atoms with Gasteiger partial charge >= 0.3 is 12.1 Å². The highest BCUT2D eigenvalue weighted by atomic mass is 16.5. The Morgan fingerprint density at radius 1 is 1.03 bits per heavy atom. The fourth-order valence-corrected chi connectivity index (χ4v) is 4.10. The van der Waals surface area contributed by atoms with Gasteiger partial charge in [-0.25, -0.2) is 4.79 Å². The van der Waals surface area contributed by atoms with Crippen molar-refractivity contribution in [1.29, 1.82) is 0 Å². The Hall–Kier alpha value is -3.39. The van der Waals surface area contributed by atoms with Gasteiger partial charge in [-0.2, -0.15) is 0 Å². The number of nitrogens with zero attached hydrogens (tertiary/aromatic N) is 1. The van der Waals surface area contributed by atoms with Crippen LogP contribution >= 0.6 is 0 Å². The Labute approximate surface area is 193 Å². The van der Waals surface area contributed by atoms with Gasteiger partial charge in [0.25, 0.3) is 0 Å². The monoisotopic (exact) mass is 454 g/mol. The van der Waals surface area contributed by atoms with E-state index >= 15 is 0 Å². The number of carbonyl (C=O) groups excluding carboxylic acids is 2. The molecule has 8 heteroatoms. The summed E-state index contributed by atoms with van der Waals surface area (Å²) < 4.78 is 10.8. The number of benzene rings is 2. The zero-order chi connectivity index (χ0) is 24.1. The van der Waals surface area contributed by atoms with E-state index in [2.05, 4.69) is 17.4 Å². The van der Waals surface area contributed by atoms with Crippen LogP contribution in [0.15, 0.2) is 48.5 Å². The third kappa shape index (κ3) is 5.34. The number of fused-ring (bicyclic) bond motifs is 3. The second-order valence-electron chi connectivity index (χ2n) is 8.35. The molecule has 0 fully saturated rings. The minimum Gasteiger partial charge on any atom is -0.481 e. The van der Waals surface area contributed by atoms with Crippen molar-refractivity contribution in [3.05, 3.63) is 59.7 Å². The number of amides is 2. The van der Waals surface area contributed by atoms with E-state index in [0.29, 0.717) is 0 Å². The largest absolute Gasteiger partial charge is 0.481 e. The first-order valence-corrected chi connectivity index (χ1v) is 10.9. The molecule has 1 aliphatic rings. The van der Waals surface area contributed by atoms with Gasteiger partial charge in [-0.3, -0.25) is 9.59 Å². The molecule has 0 saturated heterocycles. The van der Waals surface area contributed by atoms with Crippen LogP contribution in [0.4, 0.5) is 4.79 Å². The number of carboxylic acid groups (broad SMARTS) is 1. The summed E-state index contributed by atoms with van der Waals surface area (Å²) in [4.78, 5) is 38.0. The average Bonchev–Trinajstić information content (AvgIpc) is 3.13. The molecule has 2 aromatic rings. The molecule has 1 unspecified atom stereocenters. The lowest BCUT2D eigenvalue weighted by Crippen LogP contribution is -2.54. The van der Waals surface area contributed by atoms with E-state index in [1.807, 2.05) is 36.4 Å².